The molecule has 0 aliphatic carbocycles. The number of carbonyl (C=O) groups excluding carboxylic acids is 2. The van der Waals surface area contributed by atoms with Crippen LogP contribution in [0.3, 0.4) is 0 Å². The number of H-pyrrole nitrogens is 1. The van der Waals surface area contributed by atoms with Crippen LogP contribution >= 0.6 is 11.6 Å². The molecule has 4 nitrogen and oxygen atoms in total. The SMILES string of the molecule is Cc1cc(Cl)ccc1NC(=O)C(=O)c1c[nH]c2cc(F)ccc12. The number of rotatable bonds is 3. The normalized spacial score (nSPS) is 10.7. The Kier molecular flexibility index (Phi) is 3.88. The number of halogens is 2. The van der Waals surface area contributed by atoms with Gasteiger partial charge in [0, 0.05) is 27.8 Å². The molecule has 3 rings (SSSR count). The van der Waals surface area contributed by atoms with E-state index in [1.54, 1.807) is 25.1 Å². The molecule has 0 aliphatic heterocycles. The van der Waals surface area contributed by atoms with Gasteiger partial charge in [0.15, 0.2) is 0 Å². The fourth-order valence-corrected chi connectivity index (χ4v) is 2.58. The first-order chi connectivity index (χ1) is 11.0. The molecule has 0 atom stereocenters. The van der Waals surface area contributed by atoms with Gasteiger partial charge < -0.3 is 10.3 Å². The Bertz CT molecular complexity index is 933. The molecule has 2 N–H and O–H groups in total. The van der Waals surface area contributed by atoms with E-state index in [1.807, 2.05) is 0 Å². The number of hydrogen-bond acceptors (Lipinski definition) is 2. The number of carbonyl (C=O) groups is 2. The van der Waals surface area contributed by atoms with Crippen molar-refractivity contribution in [3.05, 3.63) is 64.6 Å². The molecule has 1 heterocycles. The second-order valence-corrected chi connectivity index (χ2v) is 5.57. The zero-order valence-corrected chi connectivity index (χ0v) is 12.9. The summed E-state index contributed by atoms with van der Waals surface area (Å²) in [5, 5.41) is 3.61. The molecule has 1 aromatic heterocycles. The van der Waals surface area contributed by atoms with Crippen molar-refractivity contribution in [3.63, 3.8) is 0 Å². The summed E-state index contributed by atoms with van der Waals surface area (Å²) >= 11 is 5.86. The maximum Gasteiger partial charge on any atom is 0.296 e. The van der Waals surface area contributed by atoms with Gasteiger partial charge in [0.05, 0.1) is 5.56 Å². The van der Waals surface area contributed by atoms with E-state index >= 15 is 0 Å². The van der Waals surface area contributed by atoms with Crippen LogP contribution in [0.15, 0.2) is 42.6 Å². The molecule has 6 heteroatoms. The average molecular weight is 331 g/mol. The first-order valence-electron chi connectivity index (χ1n) is 6.84. The quantitative estimate of drug-likeness (QED) is 0.561. The van der Waals surface area contributed by atoms with E-state index in [4.69, 9.17) is 11.6 Å². The molecule has 0 aliphatic rings. The number of aromatic nitrogens is 1. The van der Waals surface area contributed by atoms with Crippen LogP contribution in [0.4, 0.5) is 10.1 Å². The third-order valence-corrected chi connectivity index (χ3v) is 3.77. The van der Waals surface area contributed by atoms with Gasteiger partial charge in [-0.15, -0.1) is 0 Å². The van der Waals surface area contributed by atoms with Crippen molar-refractivity contribution in [2.75, 3.05) is 5.32 Å². The fourth-order valence-electron chi connectivity index (χ4n) is 2.36. The predicted octanol–water partition coefficient (Wildman–Crippen LogP) is 4.09. The van der Waals surface area contributed by atoms with Gasteiger partial charge in [-0.3, -0.25) is 9.59 Å². The Morgan fingerprint density at radius 3 is 2.70 bits per heavy atom. The number of Topliss-reactive ketones (excluding diaryl/α,β-unsaturated/α-hetero) is 1. The van der Waals surface area contributed by atoms with Crippen LogP contribution in [0.25, 0.3) is 10.9 Å². The van der Waals surface area contributed by atoms with Gasteiger partial charge in [-0.25, -0.2) is 4.39 Å². The van der Waals surface area contributed by atoms with Gasteiger partial charge in [-0.2, -0.15) is 0 Å². The summed E-state index contributed by atoms with van der Waals surface area (Å²) in [6.07, 6.45) is 1.40. The molecule has 0 saturated heterocycles. The molecule has 0 unspecified atom stereocenters. The molecule has 0 bridgehead atoms. The summed E-state index contributed by atoms with van der Waals surface area (Å²) < 4.78 is 13.2. The molecular formula is C17H12ClFN2O2. The highest BCUT2D eigenvalue weighted by molar-refractivity contribution is 6.48. The number of anilines is 1. The number of fused-ring (bicyclic) bond motifs is 1. The number of amides is 1. The summed E-state index contributed by atoms with van der Waals surface area (Å²) in [7, 11) is 0. The summed E-state index contributed by atoms with van der Waals surface area (Å²) in [6.45, 7) is 1.78. The van der Waals surface area contributed by atoms with E-state index in [0.29, 0.717) is 21.6 Å². The largest absolute Gasteiger partial charge is 0.360 e. The Labute approximate surface area is 136 Å². The minimum atomic E-state index is -0.763. The van der Waals surface area contributed by atoms with Crippen molar-refractivity contribution in [1.29, 1.82) is 0 Å². The first kappa shape index (κ1) is 15.2. The number of benzene rings is 2. The Morgan fingerprint density at radius 1 is 1.17 bits per heavy atom. The Balaban J connectivity index is 1.88. The highest BCUT2D eigenvalue weighted by atomic mass is 35.5. The van der Waals surface area contributed by atoms with Gasteiger partial charge in [0.1, 0.15) is 5.82 Å². The topological polar surface area (TPSA) is 62.0 Å². The molecule has 0 saturated carbocycles. The van der Waals surface area contributed by atoms with Crippen molar-refractivity contribution >= 4 is 39.9 Å². The van der Waals surface area contributed by atoms with Gasteiger partial charge in [0.25, 0.3) is 11.7 Å². The lowest BCUT2D eigenvalue weighted by Gasteiger charge is -2.07. The van der Waals surface area contributed by atoms with Crippen LogP contribution in [-0.4, -0.2) is 16.7 Å². The highest BCUT2D eigenvalue weighted by Crippen LogP contribution is 2.22. The third kappa shape index (κ3) is 2.96. The van der Waals surface area contributed by atoms with E-state index in [1.165, 1.54) is 24.4 Å². The number of hydrogen-bond donors (Lipinski definition) is 2. The van der Waals surface area contributed by atoms with Crippen molar-refractivity contribution < 1.29 is 14.0 Å². The summed E-state index contributed by atoms with van der Waals surface area (Å²) in [6, 6.07) is 8.93. The van der Waals surface area contributed by atoms with Crippen molar-refractivity contribution in [2.24, 2.45) is 0 Å². The maximum absolute atomic E-state index is 13.2. The van der Waals surface area contributed by atoms with Crippen LogP contribution in [0, 0.1) is 12.7 Å². The molecule has 0 spiro atoms. The second-order valence-electron chi connectivity index (χ2n) is 5.13. The lowest BCUT2D eigenvalue weighted by atomic mass is 10.1. The van der Waals surface area contributed by atoms with Crippen LogP contribution in [0.5, 0.6) is 0 Å². The molecule has 23 heavy (non-hydrogen) atoms. The van der Waals surface area contributed by atoms with Crippen LogP contribution < -0.4 is 5.32 Å². The Hall–Kier alpha value is -2.66. The molecule has 116 valence electrons. The average Bonchev–Trinajstić information content (AvgIpc) is 2.92. The van der Waals surface area contributed by atoms with Gasteiger partial charge in [-0.1, -0.05) is 11.6 Å². The predicted molar refractivity (Wildman–Crippen MR) is 87.4 cm³/mol. The first-order valence-corrected chi connectivity index (χ1v) is 7.22. The second kappa shape index (κ2) is 5.85. The van der Waals surface area contributed by atoms with E-state index in [0.717, 1.165) is 5.56 Å². The van der Waals surface area contributed by atoms with Gasteiger partial charge >= 0.3 is 0 Å². The smallest absolute Gasteiger partial charge is 0.296 e. The number of ketones is 1. The van der Waals surface area contributed by atoms with E-state index < -0.39 is 17.5 Å². The summed E-state index contributed by atoms with van der Waals surface area (Å²) in [4.78, 5) is 27.3. The maximum atomic E-state index is 13.2. The summed E-state index contributed by atoms with van der Waals surface area (Å²) in [5.41, 5.74) is 1.92. The van der Waals surface area contributed by atoms with Gasteiger partial charge in [0.2, 0.25) is 0 Å². The highest BCUT2D eigenvalue weighted by Gasteiger charge is 2.20. The van der Waals surface area contributed by atoms with E-state index in [-0.39, 0.29) is 5.56 Å². The van der Waals surface area contributed by atoms with Crippen LogP contribution in [0.1, 0.15) is 15.9 Å². The monoisotopic (exact) mass is 330 g/mol. The number of aryl methyl sites for hydroxylation is 1. The summed E-state index contributed by atoms with van der Waals surface area (Å²) in [5.74, 6) is -1.88. The Morgan fingerprint density at radius 2 is 1.96 bits per heavy atom. The lowest BCUT2D eigenvalue weighted by Crippen LogP contribution is -2.23. The zero-order valence-electron chi connectivity index (χ0n) is 12.1. The van der Waals surface area contributed by atoms with Gasteiger partial charge in [-0.05, 0) is 48.9 Å². The zero-order chi connectivity index (χ0) is 16.6. The molecular weight excluding hydrogens is 319 g/mol. The van der Waals surface area contributed by atoms with Crippen LogP contribution in [-0.2, 0) is 4.79 Å². The standard InChI is InChI=1S/C17H12ClFN2O2/c1-9-6-10(18)2-5-14(9)21-17(23)16(22)13-8-20-15-7-11(19)3-4-12(13)15/h2-8,20H,1H3,(H,21,23). The molecule has 0 radical (unpaired) electrons. The fraction of sp³-hybridized carbons (Fsp3) is 0.0588. The van der Waals surface area contributed by atoms with E-state index in [2.05, 4.69) is 10.3 Å². The van der Waals surface area contributed by atoms with Crippen molar-refractivity contribution in [3.8, 4) is 0 Å². The molecule has 1 amide bonds. The lowest BCUT2D eigenvalue weighted by molar-refractivity contribution is -0.112. The minimum absolute atomic E-state index is 0.198. The molecule has 3 aromatic rings. The molecule has 0 fully saturated rings. The van der Waals surface area contributed by atoms with Crippen LogP contribution in [0.2, 0.25) is 5.02 Å². The van der Waals surface area contributed by atoms with Crippen molar-refractivity contribution in [1.82, 2.24) is 4.98 Å². The number of aromatic amines is 1. The minimum Gasteiger partial charge on any atom is -0.360 e. The number of nitrogens with one attached hydrogen (secondary N) is 2. The van der Waals surface area contributed by atoms with Crippen molar-refractivity contribution in [2.45, 2.75) is 6.92 Å². The molecule has 2 aromatic carbocycles. The third-order valence-electron chi connectivity index (χ3n) is 3.53. The van der Waals surface area contributed by atoms with E-state index in [9.17, 15) is 14.0 Å².